The fourth-order valence-electron chi connectivity index (χ4n) is 2.51. The van der Waals surface area contributed by atoms with Gasteiger partial charge in [0.2, 0.25) is 0 Å². The zero-order valence-corrected chi connectivity index (χ0v) is 15.7. The van der Waals surface area contributed by atoms with E-state index < -0.39 is 0 Å². The number of hydrogen-bond donors (Lipinski definition) is 1. The van der Waals surface area contributed by atoms with Crippen LogP contribution in [0.15, 0.2) is 22.7 Å². The van der Waals surface area contributed by atoms with Crippen LogP contribution in [0, 0.1) is 13.8 Å². The highest BCUT2D eigenvalue weighted by molar-refractivity contribution is 9.10. The summed E-state index contributed by atoms with van der Waals surface area (Å²) >= 11 is 3.58. The van der Waals surface area contributed by atoms with Crippen LogP contribution >= 0.6 is 15.9 Å². The molecule has 0 saturated heterocycles. The molecule has 0 aliphatic rings. The van der Waals surface area contributed by atoms with Crippen molar-refractivity contribution in [1.29, 1.82) is 0 Å². The minimum Gasteiger partial charge on any atom is -0.493 e. The van der Waals surface area contributed by atoms with Crippen molar-refractivity contribution in [1.82, 2.24) is 15.1 Å². The Labute approximate surface area is 146 Å². The molecule has 23 heavy (non-hydrogen) atoms. The first kappa shape index (κ1) is 17.8. The van der Waals surface area contributed by atoms with E-state index in [1.54, 1.807) is 14.2 Å². The summed E-state index contributed by atoms with van der Waals surface area (Å²) in [5, 5.41) is 7.93. The molecule has 0 unspecified atom stereocenters. The van der Waals surface area contributed by atoms with Gasteiger partial charge in [-0.25, -0.2) is 0 Å². The van der Waals surface area contributed by atoms with Crippen LogP contribution in [-0.4, -0.2) is 30.5 Å². The van der Waals surface area contributed by atoms with Crippen LogP contribution in [0.4, 0.5) is 0 Å². The van der Waals surface area contributed by atoms with Crippen LogP contribution in [0.5, 0.6) is 11.5 Å². The SMILES string of the molecule is COc1cc(Br)c(CNCCCn2nc(C)cc2C)cc1OC. The summed E-state index contributed by atoms with van der Waals surface area (Å²) in [6.45, 7) is 6.75. The number of aryl methyl sites for hydroxylation is 3. The van der Waals surface area contributed by atoms with Gasteiger partial charge in [-0.3, -0.25) is 4.68 Å². The van der Waals surface area contributed by atoms with Gasteiger partial charge in [-0.1, -0.05) is 15.9 Å². The third-order valence-corrected chi connectivity index (χ3v) is 4.43. The van der Waals surface area contributed by atoms with Crippen LogP contribution < -0.4 is 14.8 Å². The van der Waals surface area contributed by atoms with Crippen molar-refractivity contribution >= 4 is 15.9 Å². The number of methoxy groups -OCH3 is 2. The third kappa shape index (κ3) is 4.72. The summed E-state index contributed by atoms with van der Waals surface area (Å²) in [6.07, 6.45) is 1.03. The number of ether oxygens (including phenoxy) is 2. The number of nitrogens with one attached hydrogen (secondary N) is 1. The van der Waals surface area contributed by atoms with Gasteiger partial charge in [0.25, 0.3) is 0 Å². The molecule has 1 heterocycles. The topological polar surface area (TPSA) is 48.3 Å². The summed E-state index contributed by atoms with van der Waals surface area (Å²) in [4.78, 5) is 0. The normalized spacial score (nSPS) is 10.8. The van der Waals surface area contributed by atoms with E-state index in [4.69, 9.17) is 9.47 Å². The molecular formula is C17H24BrN3O2. The number of nitrogens with zero attached hydrogens (tertiary/aromatic N) is 2. The molecule has 1 N–H and O–H groups in total. The maximum Gasteiger partial charge on any atom is 0.161 e. The zero-order valence-electron chi connectivity index (χ0n) is 14.1. The molecule has 2 rings (SSSR count). The lowest BCUT2D eigenvalue weighted by Gasteiger charge is -2.12. The predicted molar refractivity (Wildman–Crippen MR) is 95.3 cm³/mol. The summed E-state index contributed by atoms with van der Waals surface area (Å²) in [5.41, 5.74) is 3.43. The molecule has 0 atom stereocenters. The van der Waals surface area contributed by atoms with E-state index in [9.17, 15) is 0 Å². The van der Waals surface area contributed by atoms with Crippen molar-refractivity contribution in [3.63, 3.8) is 0 Å². The van der Waals surface area contributed by atoms with Crippen LogP contribution in [0.3, 0.4) is 0 Å². The maximum atomic E-state index is 5.35. The van der Waals surface area contributed by atoms with Crippen LogP contribution in [0.25, 0.3) is 0 Å². The van der Waals surface area contributed by atoms with Crippen molar-refractivity contribution in [2.45, 2.75) is 33.4 Å². The van der Waals surface area contributed by atoms with E-state index in [1.807, 2.05) is 19.1 Å². The Balaban J connectivity index is 1.83. The maximum absolute atomic E-state index is 5.35. The average Bonchev–Trinajstić information content (AvgIpc) is 2.85. The van der Waals surface area contributed by atoms with Crippen LogP contribution in [-0.2, 0) is 13.1 Å². The van der Waals surface area contributed by atoms with Crippen LogP contribution in [0.2, 0.25) is 0 Å². The lowest BCUT2D eigenvalue weighted by Crippen LogP contribution is -2.17. The van der Waals surface area contributed by atoms with Gasteiger partial charge >= 0.3 is 0 Å². The Hall–Kier alpha value is -1.53. The fraction of sp³-hybridized carbons (Fsp3) is 0.471. The summed E-state index contributed by atoms with van der Waals surface area (Å²) in [5.74, 6) is 1.47. The van der Waals surface area contributed by atoms with E-state index in [0.29, 0.717) is 0 Å². The number of rotatable bonds is 8. The largest absolute Gasteiger partial charge is 0.493 e. The molecule has 0 spiro atoms. The molecule has 126 valence electrons. The first-order chi connectivity index (χ1) is 11.0. The molecule has 6 heteroatoms. The zero-order chi connectivity index (χ0) is 16.8. The molecule has 0 bridgehead atoms. The van der Waals surface area contributed by atoms with Crippen molar-refractivity contribution in [3.05, 3.63) is 39.6 Å². The Bertz CT molecular complexity index is 656. The molecule has 5 nitrogen and oxygen atoms in total. The van der Waals surface area contributed by atoms with Crippen LogP contribution in [0.1, 0.15) is 23.4 Å². The van der Waals surface area contributed by atoms with Gasteiger partial charge in [0.05, 0.1) is 19.9 Å². The summed E-state index contributed by atoms with van der Waals surface area (Å²) < 4.78 is 13.7. The molecule has 2 aromatic rings. The van der Waals surface area contributed by atoms with E-state index >= 15 is 0 Å². The van der Waals surface area contributed by atoms with Crippen molar-refractivity contribution < 1.29 is 9.47 Å². The molecule has 1 aromatic carbocycles. The number of aromatic nitrogens is 2. The minimum absolute atomic E-state index is 0.729. The lowest BCUT2D eigenvalue weighted by atomic mass is 10.2. The summed E-state index contributed by atoms with van der Waals surface area (Å²) in [7, 11) is 3.29. The van der Waals surface area contributed by atoms with Gasteiger partial charge in [-0.15, -0.1) is 0 Å². The number of benzene rings is 1. The molecular weight excluding hydrogens is 358 g/mol. The molecule has 0 aliphatic carbocycles. The fourth-order valence-corrected chi connectivity index (χ4v) is 2.97. The Morgan fingerprint density at radius 1 is 1.13 bits per heavy atom. The molecule has 0 amide bonds. The Kier molecular flexibility index (Phi) is 6.47. The Morgan fingerprint density at radius 2 is 1.83 bits per heavy atom. The molecule has 0 aliphatic heterocycles. The molecule has 0 saturated carbocycles. The third-order valence-electron chi connectivity index (χ3n) is 3.69. The van der Waals surface area contributed by atoms with Crippen molar-refractivity contribution in [2.75, 3.05) is 20.8 Å². The summed E-state index contributed by atoms with van der Waals surface area (Å²) in [6, 6.07) is 6.04. The van der Waals surface area contributed by atoms with Gasteiger partial charge in [0.15, 0.2) is 11.5 Å². The quantitative estimate of drug-likeness (QED) is 0.711. The second-order valence-electron chi connectivity index (χ2n) is 5.48. The van der Waals surface area contributed by atoms with Crippen molar-refractivity contribution in [2.24, 2.45) is 0 Å². The van der Waals surface area contributed by atoms with Crippen molar-refractivity contribution in [3.8, 4) is 11.5 Å². The standard InChI is InChI=1S/C17H24BrN3O2/c1-12-8-13(2)21(20-12)7-5-6-19-11-14-9-16(22-3)17(23-4)10-15(14)18/h8-10,19H,5-7,11H2,1-4H3. The average molecular weight is 382 g/mol. The van der Waals surface area contributed by atoms with E-state index in [2.05, 4.69) is 44.0 Å². The number of halogens is 1. The first-order valence-corrected chi connectivity index (χ1v) is 8.46. The molecule has 0 radical (unpaired) electrons. The van der Waals surface area contributed by atoms with Gasteiger partial charge in [0, 0.05) is 23.3 Å². The van der Waals surface area contributed by atoms with Gasteiger partial charge in [-0.05, 0) is 50.6 Å². The van der Waals surface area contributed by atoms with E-state index in [-0.39, 0.29) is 0 Å². The van der Waals surface area contributed by atoms with Gasteiger partial charge < -0.3 is 14.8 Å². The minimum atomic E-state index is 0.729. The first-order valence-electron chi connectivity index (χ1n) is 7.67. The predicted octanol–water partition coefficient (Wildman–Crippen LogP) is 3.46. The number of hydrogen-bond acceptors (Lipinski definition) is 4. The second-order valence-corrected chi connectivity index (χ2v) is 6.33. The second kappa shape index (κ2) is 8.36. The highest BCUT2D eigenvalue weighted by Gasteiger charge is 2.09. The molecule has 1 aromatic heterocycles. The van der Waals surface area contributed by atoms with E-state index in [1.165, 1.54) is 5.69 Å². The van der Waals surface area contributed by atoms with Gasteiger partial charge in [0.1, 0.15) is 0 Å². The highest BCUT2D eigenvalue weighted by atomic mass is 79.9. The Morgan fingerprint density at radius 3 is 2.43 bits per heavy atom. The van der Waals surface area contributed by atoms with Gasteiger partial charge in [-0.2, -0.15) is 5.10 Å². The molecule has 0 fully saturated rings. The van der Waals surface area contributed by atoms with E-state index in [0.717, 1.165) is 53.3 Å². The highest BCUT2D eigenvalue weighted by Crippen LogP contribution is 2.33. The monoisotopic (exact) mass is 381 g/mol. The smallest absolute Gasteiger partial charge is 0.161 e. The lowest BCUT2D eigenvalue weighted by molar-refractivity contribution is 0.354.